The van der Waals surface area contributed by atoms with Gasteiger partial charge in [-0.2, -0.15) is 23.3 Å². The summed E-state index contributed by atoms with van der Waals surface area (Å²) in [6.07, 6.45) is -5.60. The summed E-state index contributed by atoms with van der Waals surface area (Å²) in [5, 5.41) is 22.7. The van der Waals surface area contributed by atoms with Crippen molar-refractivity contribution in [2.75, 3.05) is 0 Å². The molecule has 1 amide bonds. The minimum absolute atomic E-state index is 0.0677. The monoisotopic (exact) mass is 302 g/mol. The molecule has 1 atom stereocenters. The molecule has 0 saturated heterocycles. The average molecular weight is 302 g/mol. The highest BCUT2D eigenvalue weighted by atomic mass is 19.4. The highest BCUT2D eigenvalue weighted by Crippen LogP contribution is 2.41. The largest absolute Gasteiger partial charge is 0.508 e. The molecule has 2 N–H and O–H groups in total. The number of hydrogen-bond donors (Lipinski definition) is 2. The number of amides is 1. The van der Waals surface area contributed by atoms with Crippen molar-refractivity contribution in [3.8, 4) is 5.75 Å². The van der Waals surface area contributed by atoms with Crippen LogP contribution in [0.2, 0.25) is 0 Å². The van der Waals surface area contributed by atoms with E-state index in [1.54, 1.807) is 6.92 Å². The first-order valence-corrected chi connectivity index (χ1v) is 6.18. The standard InChI is InChI=1S/C13H13F3N2O3/c1-2-9-7-12(21,13(14,15)16)18(17-9)11(20)8-3-5-10(19)6-4-8/h3-6,19,21H,2,7H2,1H3/t12-/m1/s1. The van der Waals surface area contributed by atoms with E-state index in [1.165, 1.54) is 12.1 Å². The summed E-state index contributed by atoms with van der Waals surface area (Å²) < 4.78 is 39.3. The second-order valence-corrected chi connectivity index (χ2v) is 4.67. The van der Waals surface area contributed by atoms with Crippen molar-refractivity contribution >= 4 is 11.6 Å². The second kappa shape index (κ2) is 5.03. The molecule has 5 nitrogen and oxygen atoms in total. The van der Waals surface area contributed by atoms with Crippen molar-refractivity contribution in [3.05, 3.63) is 29.8 Å². The van der Waals surface area contributed by atoms with Gasteiger partial charge in [0, 0.05) is 17.7 Å². The minimum Gasteiger partial charge on any atom is -0.508 e. The number of rotatable bonds is 2. The molecule has 0 aromatic heterocycles. The maximum absolute atomic E-state index is 13.1. The Hall–Kier alpha value is -2.09. The minimum atomic E-state index is -5.03. The Morgan fingerprint density at radius 1 is 1.38 bits per heavy atom. The zero-order valence-electron chi connectivity index (χ0n) is 11.1. The summed E-state index contributed by atoms with van der Waals surface area (Å²) in [5.41, 5.74) is -3.37. The molecule has 1 aliphatic heterocycles. The molecular formula is C13H13F3N2O3. The summed E-state index contributed by atoms with van der Waals surface area (Å²) in [6, 6.07) is 4.66. The molecule has 1 aromatic rings. The van der Waals surface area contributed by atoms with Crippen LogP contribution < -0.4 is 0 Å². The lowest BCUT2D eigenvalue weighted by Crippen LogP contribution is -2.56. The van der Waals surface area contributed by atoms with Gasteiger partial charge in [0.05, 0.1) is 0 Å². The Morgan fingerprint density at radius 3 is 2.43 bits per heavy atom. The third kappa shape index (κ3) is 2.58. The summed E-state index contributed by atoms with van der Waals surface area (Å²) >= 11 is 0. The van der Waals surface area contributed by atoms with Gasteiger partial charge in [0.15, 0.2) is 0 Å². The summed E-state index contributed by atoms with van der Waals surface area (Å²) in [6.45, 7) is 1.59. The van der Waals surface area contributed by atoms with Crippen molar-refractivity contribution in [1.29, 1.82) is 0 Å². The summed E-state index contributed by atoms with van der Waals surface area (Å²) in [7, 11) is 0. The molecule has 1 aromatic carbocycles. The number of nitrogens with zero attached hydrogens (tertiary/aromatic N) is 2. The zero-order chi connectivity index (χ0) is 15.8. The van der Waals surface area contributed by atoms with Crippen LogP contribution in [-0.2, 0) is 0 Å². The van der Waals surface area contributed by atoms with E-state index in [1.807, 2.05) is 0 Å². The molecule has 21 heavy (non-hydrogen) atoms. The smallest absolute Gasteiger partial charge is 0.438 e. The van der Waals surface area contributed by atoms with Gasteiger partial charge in [-0.15, -0.1) is 0 Å². The number of benzene rings is 1. The molecule has 114 valence electrons. The second-order valence-electron chi connectivity index (χ2n) is 4.67. The fraction of sp³-hybridized carbons (Fsp3) is 0.385. The van der Waals surface area contributed by atoms with Gasteiger partial charge in [-0.25, -0.2) is 0 Å². The number of carbonyl (C=O) groups excluding carboxylic acids is 1. The van der Waals surface area contributed by atoms with Crippen molar-refractivity contribution < 1.29 is 28.2 Å². The molecule has 0 aliphatic carbocycles. The van der Waals surface area contributed by atoms with Crippen LogP contribution in [0.5, 0.6) is 5.75 Å². The van der Waals surface area contributed by atoms with Crippen LogP contribution >= 0.6 is 0 Å². The Kier molecular flexibility index (Phi) is 3.66. The molecule has 0 spiro atoms. The number of halogens is 3. The third-order valence-electron chi connectivity index (χ3n) is 3.21. The van der Waals surface area contributed by atoms with Crippen molar-refractivity contribution in [3.63, 3.8) is 0 Å². The highest BCUT2D eigenvalue weighted by molar-refractivity contribution is 5.98. The molecule has 8 heteroatoms. The lowest BCUT2D eigenvalue weighted by atomic mass is 10.0. The number of carbonyl (C=O) groups is 1. The molecule has 1 aliphatic rings. The van der Waals surface area contributed by atoms with E-state index in [9.17, 15) is 23.1 Å². The molecule has 0 unspecified atom stereocenters. The first-order chi connectivity index (χ1) is 9.69. The number of alkyl halides is 3. The maximum atomic E-state index is 13.1. The Labute approximate surface area is 118 Å². The van der Waals surface area contributed by atoms with Gasteiger partial charge in [0.2, 0.25) is 0 Å². The quantitative estimate of drug-likeness (QED) is 0.880. The van der Waals surface area contributed by atoms with Gasteiger partial charge in [0.25, 0.3) is 11.6 Å². The summed E-state index contributed by atoms with van der Waals surface area (Å²) in [4.78, 5) is 12.2. The van der Waals surface area contributed by atoms with Gasteiger partial charge < -0.3 is 10.2 Å². The first-order valence-electron chi connectivity index (χ1n) is 6.18. The van der Waals surface area contributed by atoms with E-state index in [0.717, 1.165) is 12.1 Å². The topological polar surface area (TPSA) is 73.1 Å². The van der Waals surface area contributed by atoms with E-state index in [-0.39, 0.29) is 28.5 Å². The van der Waals surface area contributed by atoms with E-state index < -0.39 is 24.2 Å². The Balaban J connectivity index is 2.40. The molecule has 0 radical (unpaired) electrons. The van der Waals surface area contributed by atoms with E-state index >= 15 is 0 Å². The fourth-order valence-electron chi connectivity index (χ4n) is 1.97. The highest BCUT2D eigenvalue weighted by Gasteiger charge is 2.63. The average Bonchev–Trinajstić information content (AvgIpc) is 2.77. The number of phenolic OH excluding ortho intramolecular Hbond substituents is 1. The van der Waals surface area contributed by atoms with Crippen LogP contribution in [0.3, 0.4) is 0 Å². The van der Waals surface area contributed by atoms with Crippen molar-refractivity contribution in [2.24, 2.45) is 5.10 Å². The van der Waals surface area contributed by atoms with Gasteiger partial charge in [-0.3, -0.25) is 4.79 Å². The number of hydrogen-bond acceptors (Lipinski definition) is 4. The van der Waals surface area contributed by atoms with Crippen LogP contribution in [-0.4, -0.2) is 38.7 Å². The van der Waals surface area contributed by atoms with E-state index in [2.05, 4.69) is 5.10 Å². The van der Waals surface area contributed by atoms with Gasteiger partial charge >= 0.3 is 6.18 Å². The Morgan fingerprint density at radius 2 is 1.95 bits per heavy atom. The molecule has 0 bridgehead atoms. The molecular weight excluding hydrogens is 289 g/mol. The molecule has 0 fully saturated rings. The van der Waals surface area contributed by atoms with Crippen molar-refractivity contribution in [2.45, 2.75) is 31.7 Å². The number of hydrazone groups is 1. The van der Waals surface area contributed by atoms with E-state index in [4.69, 9.17) is 5.11 Å². The predicted octanol–water partition coefficient (Wildman–Crippen LogP) is 2.26. The van der Waals surface area contributed by atoms with Crippen LogP contribution in [0, 0.1) is 0 Å². The molecule has 1 heterocycles. The zero-order valence-corrected chi connectivity index (χ0v) is 11.1. The molecule has 2 rings (SSSR count). The number of aromatic hydroxyl groups is 1. The SMILES string of the molecule is CCC1=NN(C(=O)c2ccc(O)cc2)[C@](O)(C(F)(F)F)C1. The normalized spacial score (nSPS) is 22.3. The number of phenols is 1. The van der Waals surface area contributed by atoms with Gasteiger partial charge in [0.1, 0.15) is 5.75 Å². The fourth-order valence-corrected chi connectivity index (χ4v) is 1.97. The van der Waals surface area contributed by atoms with Crippen LogP contribution in [0.15, 0.2) is 29.4 Å². The predicted molar refractivity (Wildman–Crippen MR) is 67.6 cm³/mol. The van der Waals surface area contributed by atoms with E-state index in [0.29, 0.717) is 0 Å². The van der Waals surface area contributed by atoms with Crippen LogP contribution in [0.25, 0.3) is 0 Å². The third-order valence-corrected chi connectivity index (χ3v) is 3.21. The summed E-state index contributed by atoms with van der Waals surface area (Å²) in [5.74, 6) is -1.21. The van der Waals surface area contributed by atoms with Crippen molar-refractivity contribution in [1.82, 2.24) is 5.01 Å². The molecule has 0 saturated carbocycles. The van der Waals surface area contributed by atoms with Crippen LogP contribution in [0.1, 0.15) is 30.1 Å². The lowest BCUT2D eigenvalue weighted by molar-refractivity contribution is -0.297. The number of aliphatic hydroxyl groups is 1. The lowest BCUT2D eigenvalue weighted by Gasteiger charge is -2.32. The van der Waals surface area contributed by atoms with Crippen LogP contribution in [0.4, 0.5) is 13.2 Å². The van der Waals surface area contributed by atoms with Gasteiger partial charge in [-0.1, -0.05) is 6.92 Å². The maximum Gasteiger partial charge on any atom is 0.438 e. The van der Waals surface area contributed by atoms with Gasteiger partial charge in [-0.05, 0) is 30.7 Å². The Bertz CT molecular complexity index is 583. The first kappa shape index (κ1) is 15.3.